The highest BCUT2D eigenvalue weighted by Gasteiger charge is 2.12. The average molecular weight is 291 g/mol. The van der Waals surface area contributed by atoms with Gasteiger partial charge in [-0.25, -0.2) is 9.97 Å². The lowest BCUT2D eigenvalue weighted by molar-refractivity contribution is 0.102. The first-order valence-corrected chi connectivity index (χ1v) is 6.71. The number of nitrogens with one attached hydrogen (secondary N) is 2. The number of aromatic nitrogens is 2. The normalized spacial score (nSPS) is 10.1. The van der Waals surface area contributed by atoms with Crippen LogP contribution in [0.3, 0.4) is 0 Å². The molecular formula is C14H15ClN4O. The zero-order chi connectivity index (χ0) is 14.4. The molecule has 2 rings (SSSR count). The van der Waals surface area contributed by atoms with Crippen molar-refractivity contribution in [3.63, 3.8) is 0 Å². The minimum Gasteiger partial charge on any atom is -0.384 e. The summed E-state index contributed by atoms with van der Waals surface area (Å²) in [5, 5.41) is 6.13. The van der Waals surface area contributed by atoms with E-state index in [-0.39, 0.29) is 17.0 Å². The van der Waals surface area contributed by atoms with Crippen molar-refractivity contribution in [3.8, 4) is 0 Å². The van der Waals surface area contributed by atoms with Gasteiger partial charge in [0.25, 0.3) is 5.91 Å². The summed E-state index contributed by atoms with van der Waals surface area (Å²) in [4.78, 5) is 20.1. The van der Waals surface area contributed by atoms with Crippen molar-refractivity contribution in [2.75, 3.05) is 17.2 Å². The summed E-state index contributed by atoms with van der Waals surface area (Å²) in [6.07, 6.45) is 2.47. The van der Waals surface area contributed by atoms with Gasteiger partial charge in [0.2, 0.25) is 5.95 Å². The monoisotopic (exact) mass is 290 g/mol. The maximum atomic E-state index is 12.2. The summed E-state index contributed by atoms with van der Waals surface area (Å²) in [6, 6.07) is 8.85. The third-order valence-corrected chi connectivity index (χ3v) is 2.79. The molecule has 1 heterocycles. The first kappa shape index (κ1) is 14.3. The van der Waals surface area contributed by atoms with E-state index in [1.54, 1.807) is 12.1 Å². The number of halogens is 1. The van der Waals surface area contributed by atoms with E-state index in [2.05, 4.69) is 27.5 Å². The topological polar surface area (TPSA) is 66.9 Å². The van der Waals surface area contributed by atoms with E-state index in [0.717, 1.165) is 18.7 Å². The van der Waals surface area contributed by atoms with Crippen LogP contribution in [0.15, 0.2) is 36.5 Å². The van der Waals surface area contributed by atoms with E-state index in [4.69, 9.17) is 11.6 Å². The van der Waals surface area contributed by atoms with Crippen LogP contribution in [-0.2, 0) is 0 Å². The van der Waals surface area contributed by atoms with Crippen molar-refractivity contribution in [2.24, 2.45) is 0 Å². The molecule has 20 heavy (non-hydrogen) atoms. The molecule has 0 bridgehead atoms. The number of hydrogen-bond donors (Lipinski definition) is 2. The van der Waals surface area contributed by atoms with Crippen LogP contribution in [0.1, 0.15) is 23.7 Å². The summed E-state index contributed by atoms with van der Waals surface area (Å²) in [5.41, 5.74) is 1.33. The Balaban J connectivity index is 2.16. The molecule has 104 valence electrons. The van der Waals surface area contributed by atoms with Gasteiger partial charge in [-0.3, -0.25) is 10.1 Å². The third kappa shape index (κ3) is 3.68. The highest BCUT2D eigenvalue weighted by atomic mass is 35.5. The molecule has 0 aliphatic carbocycles. The van der Waals surface area contributed by atoms with Gasteiger partial charge >= 0.3 is 0 Å². The number of hydrogen-bond acceptors (Lipinski definition) is 4. The highest BCUT2D eigenvalue weighted by molar-refractivity contribution is 6.29. The fourth-order valence-electron chi connectivity index (χ4n) is 1.66. The van der Waals surface area contributed by atoms with Crippen LogP contribution >= 0.6 is 11.6 Å². The standard InChI is InChI=1S/C14H15ClN4O/c1-2-8-16-11-6-4-3-5-10(11)13(20)19-14-17-9-7-12(15)18-14/h3-7,9,16H,2,8H2,1H3,(H,17,18,19,20). The second-order valence-corrected chi connectivity index (χ2v) is 4.52. The molecule has 1 amide bonds. The molecule has 6 heteroatoms. The minimum atomic E-state index is -0.272. The molecule has 0 spiro atoms. The van der Waals surface area contributed by atoms with Crippen molar-refractivity contribution >= 4 is 29.1 Å². The van der Waals surface area contributed by atoms with E-state index in [0.29, 0.717) is 5.56 Å². The predicted octanol–water partition coefficient (Wildman–Crippen LogP) is 3.20. The van der Waals surface area contributed by atoms with Crippen molar-refractivity contribution in [3.05, 3.63) is 47.2 Å². The molecule has 2 aromatic rings. The number of carbonyl (C=O) groups excluding carboxylic acids is 1. The van der Waals surface area contributed by atoms with Crippen LogP contribution in [0.4, 0.5) is 11.6 Å². The molecule has 0 saturated heterocycles. The van der Waals surface area contributed by atoms with Crippen LogP contribution in [-0.4, -0.2) is 22.4 Å². The Bertz CT molecular complexity index is 603. The maximum Gasteiger partial charge on any atom is 0.260 e. The summed E-state index contributed by atoms with van der Waals surface area (Å²) in [6.45, 7) is 2.87. The molecular weight excluding hydrogens is 276 g/mol. The van der Waals surface area contributed by atoms with Crippen LogP contribution in [0.2, 0.25) is 5.15 Å². The lowest BCUT2D eigenvalue weighted by atomic mass is 10.1. The van der Waals surface area contributed by atoms with Gasteiger partial charge in [0.05, 0.1) is 5.56 Å². The number of rotatable bonds is 5. The zero-order valence-corrected chi connectivity index (χ0v) is 11.8. The van der Waals surface area contributed by atoms with Gasteiger partial charge in [0.1, 0.15) is 5.15 Å². The molecule has 1 aromatic heterocycles. The zero-order valence-electron chi connectivity index (χ0n) is 11.1. The molecule has 0 aliphatic rings. The molecule has 0 unspecified atom stereocenters. The average Bonchev–Trinajstić information content (AvgIpc) is 2.45. The Labute approximate surface area is 122 Å². The number of para-hydroxylation sites is 1. The largest absolute Gasteiger partial charge is 0.384 e. The molecule has 0 saturated carbocycles. The smallest absolute Gasteiger partial charge is 0.260 e. The summed E-state index contributed by atoms with van der Waals surface area (Å²) < 4.78 is 0. The van der Waals surface area contributed by atoms with Crippen molar-refractivity contribution in [1.82, 2.24) is 9.97 Å². The molecule has 1 aromatic carbocycles. The molecule has 0 radical (unpaired) electrons. The Morgan fingerprint density at radius 2 is 2.10 bits per heavy atom. The van der Waals surface area contributed by atoms with Gasteiger partial charge in [-0.05, 0) is 24.6 Å². The van der Waals surface area contributed by atoms with Crippen molar-refractivity contribution in [2.45, 2.75) is 13.3 Å². The van der Waals surface area contributed by atoms with E-state index in [9.17, 15) is 4.79 Å². The maximum absolute atomic E-state index is 12.2. The van der Waals surface area contributed by atoms with Crippen molar-refractivity contribution in [1.29, 1.82) is 0 Å². The second kappa shape index (κ2) is 6.86. The van der Waals surface area contributed by atoms with E-state index in [1.807, 2.05) is 18.2 Å². The summed E-state index contributed by atoms with van der Waals surface area (Å²) in [5.74, 6) is -0.0840. The Kier molecular flexibility index (Phi) is 4.90. The van der Waals surface area contributed by atoms with Gasteiger partial charge in [-0.1, -0.05) is 30.7 Å². The first-order valence-electron chi connectivity index (χ1n) is 6.33. The number of amides is 1. The number of carbonyl (C=O) groups is 1. The van der Waals surface area contributed by atoms with Crippen LogP contribution in [0, 0.1) is 0 Å². The van der Waals surface area contributed by atoms with E-state index in [1.165, 1.54) is 6.20 Å². The fraction of sp³-hybridized carbons (Fsp3) is 0.214. The molecule has 2 N–H and O–H groups in total. The number of nitrogens with zero attached hydrogens (tertiary/aromatic N) is 2. The molecule has 5 nitrogen and oxygen atoms in total. The Morgan fingerprint density at radius 1 is 1.30 bits per heavy atom. The second-order valence-electron chi connectivity index (χ2n) is 4.13. The fourth-order valence-corrected chi connectivity index (χ4v) is 1.80. The highest BCUT2D eigenvalue weighted by Crippen LogP contribution is 2.16. The Hall–Kier alpha value is -2.14. The van der Waals surface area contributed by atoms with Crippen LogP contribution < -0.4 is 10.6 Å². The van der Waals surface area contributed by atoms with Gasteiger partial charge in [-0.2, -0.15) is 0 Å². The van der Waals surface area contributed by atoms with Gasteiger partial charge in [-0.15, -0.1) is 0 Å². The van der Waals surface area contributed by atoms with Gasteiger partial charge in [0, 0.05) is 18.4 Å². The van der Waals surface area contributed by atoms with Crippen molar-refractivity contribution < 1.29 is 4.79 Å². The van der Waals surface area contributed by atoms with E-state index >= 15 is 0 Å². The molecule has 0 atom stereocenters. The molecule has 0 aliphatic heterocycles. The van der Waals surface area contributed by atoms with E-state index < -0.39 is 0 Å². The SMILES string of the molecule is CCCNc1ccccc1C(=O)Nc1nccc(Cl)n1. The minimum absolute atomic E-state index is 0.188. The Morgan fingerprint density at radius 3 is 2.85 bits per heavy atom. The van der Waals surface area contributed by atoms with Crippen LogP contribution in [0.25, 0.3) is 0 Å². The summed E-state index contributed by atoms with van der Waals surface area (Å²) in [7, 11) is 0. The number of benzene rings is 1. The summed E-state index contributed by atoms with van der Waals surface area (Å²) >= 11 is 5.76. The van der Waals surface area contributed by atoms with Crippen LogP contribution in [0.5, 0.6) is 0 Å². The van der Waals surface area contributed by atoms with Gasteiger partial charge in [0.15, 0.2) is 0 Å². The first-order chi connectivity index (χ1) is 9.70. The predicted molar refractivity (Wildman–Crippen MR) is 80.2 cm³/mol. The molecule has 0 fully saturated rings. The quantitative estimate of drug-likeness (QED) is 0.830. The lowest BCUT2D eigenvalue weighted by Crippen LogP contribution is -2.16. The lowest BCUT2D eigenvalue weighted by Gasteiger charge is -2.10. The number of anilines is 2. The van der Waals surface area contributed by atoms with Gasteiger partial charge < -0.3 is 5.32 Å². The third-order valence-electron chi connectivity index (χ3n) is 2.58.